The van der Waals surface area contributed by atoms with Crippen molar-refractivity contribution in [3.05, 3.63) is 0 Å². The predicted molar refractivity (Wildman–Crippen MR) is 98.7 cm³/mol. The molecule has 0 heterocycles. The summed E-state index contributed by atoms with van der Waals surface area (Å²) in [4.78, 5) is 35.0. The van der Waals surface area contributed by atoms with Crippen molar-refractivity contribution in [2.75, 3.05) is 13.2 Å². The monoisotopic (exact) mass is 423 g/mol. The van der Waals surface area contributed by atoms with E-state index < -0.39 is 11.7 Å². The van der Waals surface area contributed by atoms with Crippen molar-refractivity contribution in [3.63, 3.8) is 0 Å². The van der Waals surface area contributed by atoms with Gasteiger partial charge in [-0.3, -0.25) is 0 Å². The molecule has 7 heteroatoms. The van der Waals surface area contributed by atoms with Crippen LogP contribution in [0, 0.1) is 5.92 Å². The third-order valence-corrected chi connectivity index (χ3v) is 5.73. The van der Waals surface area contributed by atoms with E-state index in [1.165, 1.54) is 0 Å². The summed E-state index contributed by atoms with van der Waals surface area (Å²) in [5.41, 5.74) is -0.491. The first-order valence-electron chi connectivity index (χ1n) is 8.98. The van der Waals surface area contributed by atoms with Gasteiger partial charge in [-0.2, -0.15) is 0 Å². The molecule has 0 aromatic carbocycles. The quantitative estimate of drug-likeness (QED) is 0.297. The number of unbranched alkanes of at least 4 members (excludes halogenated alkanes) is 2. The van der Waals surface area contributed by atoms with Crippen LogP contribution in [-0.4, -0.2) is 50.5 Å². The van der Waals surface area contributed by atoms with E-state index >= 15 is 0 Å². The molecule has 0 fully saturated rings. The van der Waals surface area contributed by atoms with Gasteiger partial charge in [0, 0.05) is 0 Å². The molecule has 0 radical (unpaired) electrons. The van der Waals surface area contributed by atoms with Crippen LogP contribution in [0.5, 0.6) is 0 Å². The third kappa shape index (κ3) is 13.9. The van der Waals surface area contributed by atoms with Crippen LogP contribution >= 0.6 is 0 Å². The van der Waals surface area contributed by atoms with Gasteiger partial charge in [0.2, 0.25) is 0 Å². The van der Waals surface area contributed by atoms with Crippen LogP contribution in [-0.2, 0) is 19.1 Å². The number of amides is 1. The molecule has 0 aliphatic carbocycles. The van der Waals surface area contributed by atoms with E-state index in [9.17, 15) is 14.4 Å². The summed E-state index contributed by atoms with van der Waals surface area (Å²) < 4.78 is 10.5. The van der Waals surface area contributed by atoms with E-state index in [1.807, 2.05) is 27.7 Å². The zero-order chi connectivity index (χ0) is 19.3. The molecule has 0 aromatic heterocycles. The van der Waals surface area contributed by atoms with Crippen molar-refractivity contribution in [1.82, 2.24) is 5.32 Å². The fourth-order valence-corrected chi connectivity index (χ4v) is 3.90. The van der Waals surface area contributed by atoms with Crippen LogP contribution in [0.4, 0.5) is 4.79 Å². The molecule has 0 bridgehead atoms. The number of rotatable bonds is 12. The molecular weight excluding hydrogens is 389 g/mol. The summed E-state index contributed by atoms with van der Waals surface area (Å²) in [7, 11) is 0. The second-order valence-corrected chi connectivity index (χ2v) is 9.02. The van der Waals surface area contributed by atoms with E-state index in [0.717, 1.165) is 25.7 Å². The number of carbonyl (C=O) groups is 3. The van der Waals surface area contributed by atoms with Crippen molar-refractivity contribution < 1.29 is 23.9 Å². The Bertz CT molecular complexity index is 420. The van der Waals surface area contributed by atoms with Gasteiger partial charge in [0.25, 0.3) is 0 Å². The normalized spacial score (nSPS) is 12.4. The van der Waals surface area contributed by atoms with Crippen molar-refractivity contribution in [1.29, 1.82) is 0 Å². The zero-order valence-corrected chi connectivity index (χ0v) is 17.9. The Labute approximate surface area is 157 Å². The Morgan fingerprint density at radius 1 is 1.08 bits per heavy atom. The van der Waals surface area contributed by atoms with Gasteiger partial charge < -0.3 is 0 Å². The van der Waals surface area contributed by atoms with Crippen LogP contribution in [0.25, 0.3) is 0 Å². The summed E-state index contributed by atoms with van der Waals surface area (Å²) in [6.45, 7) is 10.0. The zero-order valence-electron chi connectivity index (χ0n) is 16.2. The Balaban J connectivity index is 4.02. The minimum atomic E-state index is -0.491. The van der Waals surface area contributed by atoms with E-state index in [-0.39, 0.29) is 31.5 Å². The second kappa shape index (κ2) is 13.2. The van der Waals surface area contributed by atoms with Crippen molar-refractivity contribution in [2.45, 2.75) is 77.6 Å². The second-order valence-electron chi connectivity index (χ2n) is 6.76. The van der Waals surface area contributed by atoms with E-state index in [1.54, 1.807) is 6.92 Å². The van der Waals surface area contributed by atoms with Gasteiger partial charge in [-0.15, -0.1) is 0 Å². The van der Waals surface area contributed by atoms with Gasteiger partial charge in [0.15, 0.2) is 0 Å². The fraction of sp³-hybridized carbons (Fsp3) is 0.833. The molecule has 0 aromatic rings. The molecule has 0 spiro atoms. The van der Waals surface area contributed by atoms with E-state index in [4.69, 9.17) is 9.47 Å². The molecule has 0 rings (SSSR count). The molecule has 146 valence electrons. The average Bonchev–Trinajstić information content (AvgIpc) is 2.51. The van der Waals surface area contributed by atoms with Crippen LogP contribution in [0.2, 0.25) is 5.32 Å². The molecule has 0 aliphatic heterocycles. The number of hydrogen-bond donors (Lipinski definition) is 1. The average molecular weight is 422 g/mol. The summed E-state index contributed by atoms with van der Waals surface area (Å²) in [5.74, 6) is -0.380. The van der Waals surface area contributed by atoms with Crippen LogP contribution in [0.15, 0.2) is 0 Å². The van der Waals surface area contributed by atoms with Crippen molar-refractivity contribution in [3.8, 4) is 0 Å². The van der Waals surface area contributed by atoms with Gasteiger partial charge in [-0.25, -0.2) is 0 Å². The summed E-state index contributed by atoms with van der Waals surface area (Å²) in [5, 5.41) is 3.34. The van der Waals surface area contributed by atoms with Gasteiger partial charge in [-0.05, 0) is 0 Å². The Morgan fingerprint density at radius 3 is 2.32 bits per heavy atom. The van der Waals surface area contributed by atoms with Crippen LogP contribution in [0.3, 0.4) is 0 Å². The standard InChI is InChI=1S/C18H33NO5Se/c1-6-15(20)25-13-14(16(21)23-7-2)11-9-8-10-12-19-17(22)24-18(3,4)5/h14H,6-13H2,1-5H3,(H,19,22). The van der Waals surface area contributed by atoms with E-state index in [0.29, 0.717) is 24.9 Å². The first-order valence-corrected chi connectivity index (χ1v) is 11.1. The molecule has 0 aliphatic rings. The Kier molecular flexibility index (Phi) is 12.6. The minimum absolute atomic E-state index is 0.148. The van der Waals surface area contributed by atoms with E-state index in [2.05, 4.69) is 5.32 Å². The van der Waals surface area contributed by atoms with Gasteiger partial charge in [-0.1, -0.05) is 0 Å². The Hall–Kier alpha value is -1.07. The molecule has 1 atom stereocenters. The molecule has 6 nitrogen and oxygen atoms in total. The molecule has 1 unspecified atom stereocenters. The summed E-state index contributed by atoms with van der Waals surface area (Å²) in [6, 6.07) is 0. The van der Waals surface area contributed by atoms with Gasteiger partial charge >= 0.3 is 158 Å². The summed E-state index contributed by atoms with van der Waals surface area (Å²) >= 11 is -0.148. The number of carbonyl (C=O) groups excluding carboxylic acids is 3. The van der Waals surface area contributed by atoms with Crippen LogP contribution in [0.1, 0.15) is 66.7 Å². The maximum atomic E-state index is 12.0. The topological polar surface area (TPSA) is 81.7 Å². The fourth-order valence-electron chi connectivity index (χ4n) is 2.02. The van der Waals surface area contributed by atoms with Gasteiger partial charge in [0.1, 0.15) is 0 Å². The predicted octanol–water partition coefficient (Wildman–Crippen LogP) is 3.31. The molecule has 1 amide bonds. The first-order chi connectivity index (χ1) is 11.7. The number of esters is 1. The van der Waals surface area contributed by atoms with Gasteiger partial charge in [0.05, 0.1) is 0 Å². The maximum absolute atomic E-state index is 12.0. The molecule has 0 saturated heterocycles. The van der Waals surface area contributed by atoms with Crippen molar-refractivity contribution >= 4 is 31.7 Å². The number of hydrogen-bond acceptors (Lipinski definition) is 5. The molecule has 1 N–H and O–H groups in total. The number of alkyl carbamates (subject to hydrolysis) is 1. The molecular formula is C18H33NO5Se. The SMILES string of the molecule is CCOC(=O)C(CCCCCNC(=O)OC(C)(C)C)C[Se]C(=O)CC. The number of nitrogens with one attached hydrogen (secondary N) is 1. The molecule has 0 saturated carbocycles. The molecule has 25 heavy (non-hydrogen) atoms. The van der Waals surface area contributed by atoms with Crippen LogP contribution < -0.4 is 5.32 Å². The Morgan fingerprint density at radius 2 is 1.76 bits per heavy atom. The van der Waals surface area contributed by atoms with Crippen molar-refractivity contribution in [2.24, 2.45) is 5.92 Å². The third-order valence-electron chi connectivity index (χ3n) is 3.25. The first kappa shape index (κ1) is 23.9. The summed E-state index contributed by atoms with van der Waals surface area (Å²) in [6.07, 6.45) is 3.46. The number of ether oxygens (including phenoxy) is 2.